The van der Waals surface area contributed by atoms with Gasteiger partial charge in [-0.25, -0.2) is 0 Å². The zero-order chi connectivity index (χ0) is 14.7. The summed E-state index contributed by atoms with van der Waals surface area (Å²) in [5.74, 6) is 0.768. The van der Waals surface area contributed by atoms with Crippen molar-refractivity contribution in [3.8, 4) is 0 Å². The van der Waals surface area contributed by atoms with Crippen LogP contribution in [0, 0.1) is 13.8 Å². The molecule has 2 aromatic carbocycles. The van der Waals surface area contributed by atoms with Gasteiger partial charge in [-0.15, -0.1) is 11.8 Å². The van der Waals surface area contributed by atoms with Gasteiger partial charge in [0.1, 0.15) is 0 Å². The zero-order valence-electron chi connectivity index (χ0n) is 11.5. The average molecular weight is 326 g/mol. The Labute approximate surface area is 134 Å². The Morgan fingerprint density at radius 1 is 1.10 bits per heavy atom. The van der Waals surface area contributed by atoms with Crippen molar-refractivity contribution in [3.63, 3.8) is 0 Å². The van der Waals surface area contributed by atoms with Crippen molar-refractivity contribution in [2.75, 3.05) is 5.75 Å². The molecular formula is C16H17Cl2NS. The third-order valence-electron chi connectivity index (χ3n) is 3.14. The maximum absolute atomic E-state index is 6.28. The van der Waals surface area contributed by atoms with Crippen molar-refractivity contribution in [3.05, 3.63) is 63.1 Å². The summed E-state index contributed by atoms with van der Waals surface area (Å²) in [4.78, 5) is 0.972. The molecule has 0 aliphatic heterocycles. The predicted molar refractivity (Wildman–Crippen MR) is 90.0 cm³/mol. The lowest BCUT2D eigenvalue weighted by atomic mass is 10.0. The minimum absolute atomic E-state index is 0.0179. The second kappa shape index (κ2) is 6.86. The smallest absolute Gasteiger partial charge is 0.0542 e. The molecule has 4 heteroatoms. The van der Waals surface area contributed by atoms with E-state index in [0.717, 1.165) is 10.6 Å². The largest absolute Gasteiger partial charge is 0.323 e. The van der Waals surface area contributed by atoms with Crippen LogP contribution >= 0.6 is 35.0 Å². The molecule has 0 fully saturated rings. The number of hydrogen-bond acceptors (Lipinski definition) is 2. The van der Waals surface area contributed by atoms with Crippen LogP contribution in [0.2, 0.25) is 10.0 Å². The van der Waals surface area contributed by atoms with E-state index in [1.807, 2.05) is 12.1 Å². The molecule has 2 aromatic rings. The number of thioether (sulfide) groups is 1. The van der Waals surface area contributed by atoms with Crippen LogP contribution in [0.5, 0.6) is 0 Å². The Bertz CT molecular complexity index is 613. The molecule has 1 atom stereocenters. The standard InChI is InChI=1S/C16H17Cl2NS/c1-10-3-5-13(11(2)7-10)15(19)9-20-16-8-12(17)4-6-14(16)18/h3-8,15H,9,19H2,1-2H3. The van der Waals surface area contributed by atoms with Gasteiger partial charge in [0, 0.05) is 21.7 Å². The number of aryl methyl sites for hydroxylation is 2. The molecule has 0 amide bonds. The molecule has 1 unspecified atom stereocenters. The summed E-state index contributed by atoms with van der Waals surface area (Å²) in [5, 5.41) is 1.41. The van der Waals surface area contributed by atoms with Gasteiger partial charge < -0.3 is 5.73 Å². The van der Waals surface area contributed by atoms with Crippen molar-refractivity contribution < 1.29 is 0 Å². The van der Waals surface area contributed by atoms with Gasteiger partial charge in [-0.2, -0.15) is 0 Å². The van der Waals surface area contributed by atoms with E-state index in [0.29, 0.717) is 10.0 Å². The quantitative estimate of drug-likeness (QED) is 0.761. The van der Waals surface area contributed by atoms with Gasteiger partial charge in [0.25, 0.3) is 0 Å². The highest BCUT2D eigenvalue weighted by Crippen LogP contribution is 2.32. The molecule has 0 heterocycles. The van der Waals surface area contributed by atoms with Crippen molar-refractivity contribution in [1.29, 1.82) is 0 Å². The van der Waals surface area contributed by atoms with Crippen LogP contribution in [0.1, 0.15) is 22.7 Å². The first-order valence-corrected chi connectivity index (χ1v) is 8.12. The Hall–Kier alpha value is -0.670. The van der Waals surface area contributed by atoms with Crippen LogP contribution < -0.4 is 5.73 Å². The number of nitrogens with two attached hydrogens (primary N) is 1. The minimum Gasteiger partial charge on any atom is -0.323 e. The van der Waals surface area contributed by atoms with Gasteiger partial charge in [0.05, 0.1) is 5.02 Å². The zero-order valence-corrected chi connectivity index (χ0v) is 13.8. The van der Waals surface area contributed by atoms with Crippen LogP contribution in [0.25, 0.3) is 0 Å². The van der Waals surface area contributed by atoms with E-state index in [-0.39, 0.29) is 6.04 Å². The summed E-state index contributed by atoms with van der Waals surface area (Å²) in [6.45, 7) is 4.18. The Morgan fingerprint density at radius 3 is 2.55 bits per heavy atom. The van der Waals surface area contributed by atoms with E-state index in [9.17, 15) is 0 Å². The highest BCUT2D eigenvalue weighted by atomic mass is 35.5. The Balaban J connectivity index is 2.08. The molecule has 0 aromatic heterocycles. The summed E-state index contributed by atoms with van der Waals surface area (Å²) in [6.07, 6.45) is 0. The molecule has 0 saturated carbocycles. The van der Waals surface area contributed by atoms with E-state index < -0.39 is 0 Å². The van der Waals surface area contributed by atoms with Gasteiger partial charge in [-0.3, -0.25) is 0 Å². The number of hydrogen-bond donors (Lipinski definition) is 1. The van der Waals surface area contributed by atoms with Crippen LogP contribution in [0.3, 0.4) is 0 Å². The highest BCUT2D eigenvalue weighted by Gasteiger charge is 2.11. The summed E-state index contributed by atoms with van der Waals surface area (Å²) in [6, 6.07) is 11.8. The van der Waals surface area contributed by atoms with E-state index in [4.69, 9.17) is 28.9 Å². The minimum atomic E-state index is -0.0179. The van der Waals surface area contributed by atoms with Crippen molar-refractivity contribution in [1.82, 2.24) is 0 Å². The molecule has 0 saturated heterocycles. The fourth-order valence-corrected chi connectivity index (χ4v) is 3.57. The van der Waals surface area contributed by atoms with Gasteiger partial charge in [0.2, 0.25) is 0 Å². The summed E-state index contributed by atoms with van der Waals surface area (Å²) >= 11 is 13.8. The molecule has 0 radical (unpaired) electrons. The molecule has 106 valence electrons. The van der Waals surface area contributed by atoms with E-state index in [1.165, 1.54) is 16.7 Å². The molecule has 1 nitrogen and oxygen atoms in total. The first-order chi connectivity index (χ1) is 9.47. The molecule has 20 heavy (non-hydrogen) atoms. The topological polar surface area (TPSA) is 26.0 Å². The third-order valence-corrected chi connectivity index (χ3v) is 4.99. The SMILES string of the molecule is Cc1ccc(C(N)CSc2cc(Cl)ccc2Cl)c(C)c1. The lowest BCUT2D eigenvalue weighted by Crippen LogP contribution is -2.14. The normalized spacial score (nSPS) is 12.4. The van der Waals surface area contributed by atoms with Gasteiger partial charge >= 0.3 is 0 Å². The summed E-state index contributed by atoms with van der Waals surface area (Å²) in [5.41, 5.74) is 9.95. The van der Waals surface area contributed by atoms with Gasteiger partial charge in [0.15, 0.2) is 0 Å². The van der Waals surface area contributed by atoms with Gasteiger partial charge in [-0.05, 0) is 43.2 Å². The van der Waals surface area contributed by atoms with Crippen LogP contribution in [0.15, 0.2) is 41.3 Å². The number of benzene rings is 2. The molecule has 0 bridgehead atoms. The molecule has 2 N–H and O–H groups in total. The van der Waals surface area contributed by atoms with E-state index in [2.05, 4.69) is 32.0 Å². The number of rotatable bonds is 4. The van der Waals surface area contributed by atoms with Crippen LogP contribution in [0.4, 0.5) is 0 Å². The first-order valence-electron chi connectivity index (χ1n) is 6.38. The van der Waals surface area contributed by atoms with Crippen molar-refractivity contribution in [2.45, 2.75) is 24.8 Å². The Morgan fingerprint density at radius 2 is 1.85 bits per heavy atom. The lowest BCUT2D eigenvalue weighted by Gasteiger charge is -2.15. The average Bonchev–Trinajstić information content (AvgIpc) is 2.39. The first kappa shape index (κ1) is 15.7. The predicted octanol–water partition coefficient (Wildman–Crippen LogP) is 5.40. The van der Waals surface area contributed by atoms with Crippen LogP contribution in [-0.2, 0) is 0 Å². The van der Waals surface area contributed by atoms with E-state index in [1.54, 1.807) is 17.8 Å². The molecule has 0 aliphatic rings. The maximum Gasteiger partial charge on any atom is 0.0542 e. The van der Waals surface area contributed by atoms with Crippen molar-refractivity contribution >= 4 is 35.0 Å². The second-order valence-electron chi connectivity index (χ2n) is 4.85. The number of halogens is 2. The van der Waals surface area contributed by atoms with Crippen LogP contribution in [-0.4, -0.2) is 5.75 Å². The fraction of sp³-hybridized carbons (Fsp3) is 0.250. The molecule has 2 rings (SSSR count). The lowest BCUT2D eigenvalue weighted by molar-refractivity contribution is 0.822. The molecule has 0 aliphatic carbocycles. The van der Waals surface area contributed by atoms with Gasteiger partial charge in [-0.1, -0.05) is 47.0 Å². The summed E-state index contributed by atoms with van der Waals surface area (Å²) in [7, 11) is 0. The Kier molecular flexibility index (Phi) is 5.39. The molecular weight excluding hydrogens is 309 g/mol. The highest BCUT2D eigenvalue weighted by molar-refractivity contribution is 7.99. The maximum atomic E-state index is 6.28. The van der Waals surface area contributed by atoms with Crippen molar-refractivity contribution in [2.24, 2.45) is 5.73 Å². The third kappa shape index (κ3) is 3.92. The van der Waals surface area contributed by atoms with E-state index >= 15 is 0 Å². The molecule has 0 spiro atoms. The monoisotopic (exact) mass is 325 g/mol. The fourth-order valence-electron chi connectivity index (χ4n) is 2.10. The summed E-state index contributed by atoms with van der Waals surface area (Å²) < 4.78 is 0. The second-order valence-corrected chi connectivity index (χ2v) is 6.76.